The van der Waals surface area contributed by atoms with Crippen LogP contribution in [0, 0.1) is 5.41 Å². The summed E-state index contributed by atoms with van der Waals surface area (Å²) in [6, 6.07) is -0.338. The Labute approximate surface area is 140 Å². The van der Waals surface area contributed by atoms with Gasteiger partial charge in [-0.25, -0.2) is 4.79 Å². The second-order valence-corrected chi connectivity index (χ2v) is 7.86. The van der Waals surface area contributed by atoms with E-state index in [9.17, 15) is 18.0 Å². The van der Waals surface area contributed by atoms with Gasteiger partial charge in [0.05, 0.1) is 5.41 Å². The minimum atomic E-state index is -4.12. The molecule has 0 spiro atoms. The fourth-order valence-electron chi connectivity index (χ4n) is 3.06. The van der Waals surface area contributed by atoms with Gasteiger partial charge in [0.1, 0.15) is 11.6 Å². The fraction of sp³-hybridized carbons (Fsp3) is 0.938. The summed E-state index contributed by atoms with van der Waals surface area (Å²) in [5, 5.41) is 7.65. The molecule has 2 N–H and O–H groups in total. The Kier molecular flexibility index (Phi) is 5.40. The Bertz CT molecular complexity index is 458. The molecule has 2 rings (SSSR count). The molecule has 1 unspecified atom stereocenters. The third kappa shape index (κ3) is 4.53. The molecule has 1 aliphatic heterocycles. The van der Waals surface area contributed by atoms with E-state index in [0.717, 1.165) is 0 Å². The minimum absolute atomic E-state index is 0.0140. The predicted octanol–water partition coefficient (Wildman–Crippen LogP) is 2.36. The van der Waals surface area contributed by atoms with Gasteiger partial charge in [0.2, 0.25) is 0 Å². The zero-order valence-electron chi connectivity index (χ0n) is 14.6. The van der Waals surface area contributed by atoms with Crippen molar-refractivity contribution in [3.8, 4) is 0 Å². The van der Waals surface area contributed by atoms with E-state index in [4.69, 9.17) is 9.84 Å². The Morgan fingerprint density at radius 1 is 1.25 bits per heavy atom. The number of nitrogens with zero attached hydrogens (tertiary/aromatic N) is 2. The van der Waals surface area contributed by atoms with E-state index >= 15 is 0 Å². The van der Waals surface area contributed by atoms with Gasteiger partial charge in [0.15, 0.2) is 6.61 Å². The van der Waals surface area contributed by atoms with Crippen molar-refractivity contribution in [2.75, 3.05) is 32.8 Å². The number of halogens is 3. The first-order valence-electron chi connectivity index (χ1n) is 8.41. The van der Waals surface area contributed by atoms with Crippen molar-refractivity contribution in [2.45, 2.75) is 57.9 Å². The first-order valence-corrected chi connectivity index (χ1v) is 8.41. The van der Waals surface area contributed by atoms with E-state index in [0.29, 0.717) is 26.2 Å². The standard InChI is InChI=1S/C16H27F3N2O3/c1-14(2,3)24-13(23)21-9-8-20(10-12(21)11-22)7-6-15(4-5-15)16(17,18)19/h12,22H,4-11H2,1-3H3/p+1. The molecule has 0 aromatic heterocycles. The molecule has 140 valence electrons. The highest BCUT2D eigenvalue weighted by molar-refractivity contribution is 5.68. The average molecular weight is 353 g/mol. The zero-order chi connectivity index (χ0) is 18.2. The van der Waals surface area contributed by atoms with Crippen LogP contribution >= 0.6 is 0 Å². The molecule has 1 heterocycles. The summed E-state index contributed by atoms with van der Waals surface area (Å²) >= 11 is 0. The summed E-state index contributed by atoms with van der Waals surface area (Å²) in [5.74, 6) is 0. The molecular formula is C16H28F3N2O3+. The number of piperazine rings is 1. The molecule has 1 aliphatic carbocycles. The van der Waals surface area contributed by atoms with Gasteiger partial charge in [-0.2, -0.15) is 13.2 Å². The van der Waals surface area contributed by atoms with Gasteiger partial charge >= 0.3 is 12.3 Å². The lowest BCUT2D eigenvalue weighted by atomic mass is 10.0. The molecule has 0 aromatic rings. The number of rotatable bonds is 4. The van der Waals surface area contributed by atoms with Gasteiger partial charge in [0.25, 0.3) is 0 Å². The molecule has 1 amide bonds. The van der Waals surface area contributed by atoms with Crippen LogP contribution in [0.25, 0.3) is 0 Å². The Morgan fingerprint density at radius 2 is 1.88 bits per heavy atom. The fourth-order valence-corrected chi connectivity index (χ4v) is 3.06. The van der Waals surface area contributed by atoms with Crippen LogP contribution in [0.15, 0.2) is 0 Å². The highest BCUT2D eigenvalue weighted by Gasteiger charge is 2.62. The third-order valence-corrected chi connectivity index (χ3v) is 4.79. The van der Waals surface area contributed by atoms with Crippen molar-refractivity contribution in [1.82, 2.24) is 9.80 Å². The van der Waals surface area contributed by atoms with Crippen LogP contribution in [0.5, 0.6) is 0 Å². The van der Waals surface area contributed by atoms with E-state index in [-0.39, 0.29) is 31.9 Å². The Morgan fingerprint density at radius 3 is 2.33 bits per heavy atom. The molecule has 0 aromatic carbocycles. The van der Waals surface area contributed by atoms with Crippen LogP contribution in [-0.2, 0) is 4.74 Å². The first kappa shape index (κ1) is 19.3. The lowest BCUT2D eigenvalue weighted by molar-refractivity contribution is -0.190. The zero-order valence-corrected chi connectivity index (χ0v) is 14.6. The second kappa shape index (κ2) is 6.71. The van der Waals surface area contributed by atoms with E-state index in [1.54, 1.807) is 20.8 Å². The van der Waals surface area contributed by atoms with Crippen LogP contribution < -0.4 is 0 Å². The summed E-state index contributed by atoms with van der Waals surface area (Å²) in [6.45, 7) is 7.05. The van der Waals surface area contributed by atoms with Crippen LogP contribution in [0.1, 0.15) is 40.0 Å². The SMILES string of the molecule is CC(C)(C)OC(=O)N1CCN(CCC2(C(F)(F)F)CC2)CC1C[OH2+]. The van der Waals surface area contributed by atoms with Crippen molar-refractivity contribution in [1.29, 1.82) is 0 Å². The molecular weight excluding hydrogens is 325 g/mol. The highest BCUT2D eigenvalue weighted by Crippen LogP contribution is 2.59. The maximum atomic E-state index is 13.0. The van der Waals surface area contributed by atoms with Gasteiger partial charge in [-0.15, -0.1) is 0 Å². The predicted molar refractivity (Wildman–Crippen MR) is 84.0 cm³/mol. The van der Waals surface area contributed by atoms with Crippen molar-refractivity contribution >= 4 is 6.09 Å². The molecule has 2 fully saturated rings. The lowest BCUT2D eigenvalue weighted by Crippen LogP contribution is -2.57. The normalized spacial score (nSPS) is 24.8. The molecule has 0 radical (unpaired) electrons. The lowest BCUT2D eigenvalue weighted by Gasteiger charge is -2.40. The van der Waals surface area contributed by atoms with Crippen LogP contribution in [0.3, 0.4) is 0 Å². The van der Waals surface area contributed by atoms with Gasteiger partial charge < -0.3 is 9.84 Å². The van der Waals surface area contributed by atoms with Gasteiger partial charge in [-0.3, -0.25) is 9.80 Å². The number of carbonyl (C=O) groups excluding carboxylic acids is 1. The van der Waals surface area contributed by atoms with E-state index in [1.807, 2.05) is 4.90 Å². The summed E-state index contributed by atoms with van der Waals surface area (Å²) in [7, 11) is 0. The molecule has 1 atom stereocenters. The Balaban J connectivity index is 1.87. The van der Waals surface area contributed by atoms with Crippen molar-refractivity contribution < 1.29 is 27.8 Å². The number of ether oxygens (including phenoxy) is 1. The quantitative estimate of drug-likeness (QED) is 0.729. The Hall–Kier alpha value is -1.02. The number of alkyl halides is 3. The molecule has 24 heavy (non-hydrogen) atoms. The second-order valence-electron chi connectivity index (χ2n) is 7.86. The van der Waals surface area contributed by atoms with E-state index in [1.165, 1.54) is 4.90 Å². The molecule has 1 saturated carbocycles. The molecule has 0 bridgehead atoms. The summed E-state index contributed by atoms with van der Waals surface area (Å²) in [5.41, 5.74) is -2.10. The molecule has 5 nitrogen and oxygen atoms in total. The van der Waals surface area contributed by atoms with Crippen molar-refractivity contribution in [2.24, 2.45) is 5.41 Å². The average Bonchev–Trinajstić information content (AvgIpc) is 3.23. The number of hydrogen-bond donors (Lipinski definition) is 0. The smallest absolute Gasteiger partial charge is 0.410 e. The summed E-state index contributed by atoms with van der Waals surface area (Å²) < 4.78 is 44.4. The third-order valence-electron chi connectivity index (χ3n) is 4.79. The van der Waals surface area contributed by atoms with Gasteiger partial charge in [-0.05, 0) is 46.6 Å². The number of amides is 1. The minimum Gasteiger partial charge on any atom is -0.444 e. The van der Waals surface area contributed by atoms with Crippen LogP contribution in [0.2, 0.25) is 0 Å². The number of hydrogen-bond acceptors (Lipinski definition) is 3. The molecule has 2 aliphatic rings. The highest BCUT2D eigenvalue weighted by atomic mass is 19.4. The summed E-state index contributed by atoms with van der Waals surface area (Å²) in [6.07, 6.45) is -4.03. The largest absolute Gasteiger partial charge is 0.444 e. The maximum absolute atomic E-state index is 13.0. The first-order chi connectivity index (χ1) is 11.0. The topological polar surface area (TPSA) is 55.7 Å². The number of carbonyl (C=O) groups is 1. The van der Waals surface area contributed by atoms with Gasteiger partial charge in [0, 0.05) is 19.6 Å². The van der Waals surface area contributed by atoms with Crippen molar-refractivity contribution in [3.05, 3.63) is 0 Å². The molecule has 8 heteroatoms. The van der Waals surface area contributed by atoms with Gasteiger partial charge in [-0.1, -0.05) is 0 Å². The van der Waals surface area contributed by atoms with Crippen LogP contribution in [-0.4, -0.2) is 71.6 Å². The maximum Gasteiger partial charge on any atom is 0.410 e. The monoisotopic (exact) mass is 353 g/mol. The summed E-state index contributed by atoms with van der Waals surface area (Å²) in [4.78, 5) is 15.7. The van der Waals surface area contributed by atoms with Crippen LogP contribution in [0.4, 0.5) is 18.0 Å². The van der Waals surface area contributed by atoms with E-state index in [2.05, 4.69) is 0 Å². The van der Waals surface area contributed by atoms with E-state index < -0.39 is 23.3 Å². The van der Waals surface area contributed by atoms with Crippen molar-refractivity contribution in [3.63, 3.8) is 0 Å². The molecule has 1 saturated heterocycles.